The van der Waals surface area contributed by atoms with Gasteiger partial charge in [-0.15, -0.1) is 0 Å². The number of rotatable bonds is 5. The Morgan fingerprint density at radius 2 is 2.06 bits per heavy atom. The first kappa shape index (κ1) is 20.4. The molecule has 33 heavy (non-hydrogen) atoms. The number of nitrogens with zero attached hydrogens (tertiary/aromatic N) is 4. The highest BCUT2D eigenvalue weighted by atomic mass is 16.5. The molecule has 0 saturated carbocycles. The Hall–Kier alpha value is -3.23. The number of methoxy groups -OCH3 is 1. The van der Waals surface area contributed by atoms with E-state index in [-0.39, 0.29) is 17.7 Å². The number of aromatic amines is 1. The number of hydrogen-bond donors (Lipinski definition) is 1. The van der Waals surface area contributed by atoms with Crippen LogP contribution in [0.4, 0.5) is 0 Å². The van der Waals surface area contributed by atoms with Gasteiger partial charge in [0.2, 0.25) is 0 Å². The van der Waals surface area contributed by atoms with E-state index in [9.17, 15) is 4.79 Å². The van der Waals surface area contributed by atoms with Crippen LogP contribution in [-0.4, -0.2) is 50.5 Å². The molecule has 8 nitrogen and oxygen atoms in total. The van der Waals surface area contributed by atoms with Gasteiger partial charge in [-0.3, -0.25) is 4.57 Å². The van der Waals surface area contributed by atoms with Crippen LogP contribution in [-0.2, 0) is 16.0 Å². The lowest BCUT2D eigenvalue weighted by Crippen LogP contribution is -2.31. The largest absolute Gasteiger partial charge is 0.379 e. The van der Waals surface area contributed by atoms with E-state index in [4.69, 9.17) is 14.5 Å². The van der Waals surface area contributed by atoms with Crippen molar-refractivity contribution in [2.75, 3.05) is 20.3 Å². The summed E-state index contributed by atoms with van der Waals surface area (Å²) in [6, 6.07) is 6.16. The van der Waals surface area contributed by atoms with Gasteiger partial charge in [-0.2, -0.15) is 0 Å². The number of allylic oxidation sites excluding steroid dienone is 2. The van der Waals surface area contributed by atoms with Crippen LogP contribution >= 0.6 is 0 Å². The third kappa shape index (κ3) is 3.50. The standard InChI is InChI=1S/C25H27N5O3/c1-32-22-15-33-14-19(22)13-29-21-10-18(17-9-16-7-8-26-23(16)27-11-17)12-28-24(21)30(25(29)31)20-5-3-2-4-6-20/h5,7-12,19,22H,2-4,6,13-15H2,1H3,(H,26,27)/t19-,22+/m1/s1. The monoisotopic (exact) mass is 445 g/mol. The molecule has 1 aliphatic carbocycles. The second-order valence-electron chi connectivity index (χ2n) is 8.95. The predicted octanol–water partition coefficient (Wildman–Crippen LogP) is 3.82. The molecule has 2 atom stereocenters. The van der Waals surface area contributed by atoms with Gasteiger partial charge in [-0.1, -0.05) is 6.08 Å². The van der Waals surface area contributed by atoms with Crippen LogP contribution in [0.1, 0.15) is 25.7 Å². The van der Waals surface area contributed by atoms with Crippen LogP contribution in [0.15, 0.2) is 47.7 Å². The van der Waals surface area contributed by atoms with Crippen molar-refractivity contribution in [3.8, 4) is 11.1 Å². The average molecular weight is 446 g/mol. The molecular formula is C25H27N5O3. The van der Waals surface area contributed by atoms with E-state index in [0.29, 0.717) is 25.4 Å². The smallest absolute Gasteiger partial charge is 0.334 e. The number of imidazole rings is 1. The van der Waals surface area contributed by atoms with E-state index in [0.717, 1.165) is 59.1 Å². The lowest BCUT2D eigenvalue weighted by Gasteiger charge is -2.16. The number of fused-ring (bicyclic) bond motifs is 2. The normalized spacial score (nSPS) is 21.2. The van der Waals surface area contributed by atoms with Crippen molar-refractivity contribution in [2.45, 2.75) is 38.3 Å². The Morgan fingerprint density at radius 1 is 1.18 bits per heavy atom. The lowest BCUT2D eigenvalue weighted by molar-refractivity contribution is 0.0632. The van der Waals surface area contributed by atoms with Crippen LogP contribution in [0.5, 0.6) is 0 Å². The summed E-state index contributed by atoms with van der Waals surface area (Å²) in [6.07, 6.45) is 11.9. The fourth-order valence-electron chi connectivity index (χ4n) is 5.09. The van der Waals surface area contributed by atoms with Gasteiger partial charge in [0.1, 0.15) is 5.65 Å². The summed E-state index contributed by atoms with van der Waals surface area (Å²) in [7, 11) is 1.70. The van der Waals surface area contributed by atoms with Crippen LogP contribution in [0.25, 0.3) is 39.0 Å². The highest BCUT2D eigenvalue weighted by Crippen LogP contribution is 2.29. The Morgan fingerprint density at radius 3 is 2.91 bits per heavy atom. The predicted molar refractivity (Wildman–Crippen MR) is 127 cm³/mol. The van der Waals surface area contributed by atoms with Gasteiger partial charge in [-0.25, -0.2) is 19.3 Å². The number of ether oxygens (including phenoxy) is 2. The minimum atomic E-state index is -0.0382. The molecular weight excluding hydrogens is 418 g/mol. The molecule has 0 amide bonds. The number of H-pyrrole nitrogens is 1. The van der Waals surface area contributed by atoms with Crippen LogP contribution < -0.4 is 5.69 Å². The highest BCUT2D eigenvalue weighted by molar-refractivity contribution is 5.85. The summed E-state index contributed by atoms with van der Waals surface area (Å²) in [5.41, 5.74) is 5.32. The van der Waals surface area contributed by atoms with E-state index in [2.05, 4.69) is 28.2 Å². The second-order valence-corrected chi connectivity index (χ2v) is 8.95. The first-order valence-electron chi connectivity index (χ1n) is 11.6. The van der Waals surface area contributed by atoms with Gasteiger partial charge in [0.05, 0.1) is 24.8 Å². The van der Waals surface area contributed by atoms with Crippen LogP contribution in [0.2, 0.25) is 0 Å². The van der Waals surface area contributed by atoms with Gasteiger partial charge >= 0.3 is 5.69 Å². The minimum Gasteiger partial charge on any atom is -0.379 e. The van der Waals surface area contributed by atoms with Gasteiger partial charge in [0, 0.05) is 60.4 Å². The van der Waals surface area contributed by atoms with Gasteiger partial charge in [0.15, 0.2) is 5.65 Å². The first-order chi connectivity index (χ1) is 16.2. The zero-order valence-electron chi connectivity index (χ0n) is 18.7. The summed E-state index contributed by atoms with van der Waals surface area (Å²) in [6.45, 7) is 1.68. The molecule has 0 aromatic carbocycles. The average Bonchev–Trinajstić information content (AvgIpc) is 3.57. The van der Waals surface area contributed by atoms with E-state index in [1.807, 2.05) is 33.8 Å². The fourth-order valence-corrected chi connectivity index (χ4v) is 5.09. The number of hydrogen-bond acceptors (Lipinski definition) is 5. The third-order valence-electron chi connectivity index (χ3n) is 6.92. The fraction of sp³-hybridized carbons (Fsp3) is 0.400. The molecule has 1 aliphatic heterocycles. The van der Waals surface area contributed by atoms with Crippen molar-refractivity contribution in [3.05, 3.63) is 53.3 Å². The quantitative estimate of drug-likeness (QED) is 0.505. The molecule has 1 saturated heterocycles. The third-order valence-corrected chi connectivity index (χ3v) is 6.92. The van der Waals surface area contributed by atoms with Crippen molar-refractivity contribution in [3.63, 3.8) is 0 Å². The van der Waals surface area contributed by atoms with Gasteiger partial charge < -0.3 is 14.5 Å². The summed E-state index contributed by atoms with van der Waals surface area (Å²) in [5.74, 6) is 0.119. The molecule has 8 heteroatoms. The molecule has 2 aliphatic rings. The Balaban J connectivity index is 1.51. The summed E-state index contributed by atoms with van der Waals surface area (Å²) in [5, 5.41) is 1.04. The second kappa shape index (κ2) is 8.28. The number of nitrogens with one attached hydrogen (secondary N) is 1. The Labute approximate surface area is 190 Å². The van der Waals surface area contributed by atoms with E-state index < -0.39 is 0 Å². The number of aromatic nitrogens is 5. The van der Waals surface area contributed by atoms with Crippen molar-refractivity contribution < 1.29 is 9.47 Å². The molecule has 170 valence electrons. The summed E-state index contributed by atoms with van der Waals surface area (Å²) >= 11 is 0. The SMILES string of the molecule is CO[C@H]1COC[C@H]1Cn1c(=O)n(C2=CCCCC2)c2ncc(-c3cnc4[nH]ccc4c3)cc21. The number of pyridine rings is 2. The van der Waals surface area contributed by atoms with E-state index >= 15 is 0 Å². The van der Waals surface area contributed by atoms with E-state index in [1.54, 1.807) is 7.11 Å². The van der Waals surface area contributed by atoms with Crippen molar-refractivity contribution in [2.24, 2.45) is 5.92 Å². The van der Waals surface area contributed by atoms with Gasteiger partial charge in [-0.05, 0) is 43.9 Å². The molecule has 0 radical (unpaired) electrons. The molecule has 4 aromatic rings. The van der Waals surface area contributed by atoms with E-state index in [1.165, 1.54) is 0 Å². The Bertz CT molecular complexity index is 1410. The zero-order chi connectivity index (χ0) is 22.4. The summed E-state index contributed by atoms with van der Waals surface area (Å²) in [4.78, 5) is 26.2. The van der Waals surface area contributed by atoms with Crippen molar-refractivity contribution in [1.29, 1.82) is 0 Å². The van der Waals surface area contributed by atoms with Crippen LogP contribution in [0, 0.1) is 5.92 Å². The zero-order valence-corrected chi connectivity index (χ0v) is 18.7. The maximum absolute atomic E-state index is 13.7. The highest BCUT2D eigenvalue weighted by Gasteiger charge is 2.30. The maximum atomic E-state index is 13.7. The topological polar surface area (TPSA) is 87.0 Å². The molecule has 0 unspecified atom stereocenters. The molecule has 0 bridgehead atoms. The Kier molecular flexibility index (Phi) is 5.11. The molecule has 1 fully saturated rings. The van der Waals surface area contributed by atoms with Crippen LogP contribution in [0.3, 0.4) is 0 Å². The minimum absolute atomic E-state index is 0.0134. The molecule has 4 aromatic heterocycles. The van der Waals surface area contributed by atoms with Crippen molar-refractivity contribution >= 4 is 27.9 Å². The first-order valence-corrected chi connectivity index (χ1v) is 11.6. The lowest BCUT2D eigenvalue weighted by atomic mass is 10.0. The maximum Gasteiger partial charge on any atom is 0.334 e. The van der Waals surface area contributed by atoms with Gasteiger partial charge in [0.25, 0.3) is 0 Å². The molecule has 5 heterocycles. The van der Waals surface area contributed by atoms with Crippen molar-refractivity contribution in [1.82, 2.24) is 24.1 Å². The molecule has 1 N–H and O–H groups in total. The molecule has 0 spiro atoms. The molecule has 6 rings (SSSR count). The summed E-state index contributed by atoms with van der Waals surface area (Å²) < 4.78 is 14.9.